The molecule has 0 spiro atoms. The number of rotatable bonds is 3. The molecule has 2 heterocycles. The van der Waals surface area contributed by atoms with E-state index in [1.54, 1.807) is 36.4 Å². The highest BCUT2D eigenvalue weighted by atomic mass is 35.5. The van der Waals surface area contributed by atoms with Gasteiger partial charge in [-0.1, -0.05) is 34.0 Å². The second-order valence-electron chi connectivity index (χ2n) is 5.40. The third-order valence-electron chi connectivity index (χ3n) is 3.83. The molecule has 7 nitrogen and oxygen atoms in total. The smallest absolute Gasteiger partial charge is 0.355 e. The lowest BCUT2D eigenvalue weighted by Crippen LogP contribution is -2.32. The zero-order valence-electron chi connectivity index (χ0n) is 13.0. The minimum absolute atomic E-state index is 0.0242. The molecule has 0 fully saturated rings. The van der Waals surface area contributed by atoms with Crippen LogP contribution in [0.2, 0.25) is 5.02 Å². The summed E-state index contributed by atoms with van der Waals surface area (Å²) in [5, 5.41) is 4.55. The number of benzene rings is 2. The topological polar surface area (TPSA) is 89.7 Å². The molecule has 1 aliphatic rings. The van der Waals surface area contributed by atoms with Crippen LogP contribution in [0.3, 0.4) is 0 Å². The Labute approximate surface area is 151 Å². The molecule has 0 saturated heterocycles. The lowest BCUT2D eigenvalue weighted by Gasteiger charge is -2.12. The van der Waals surface area contributed by atoms with Gasteiger partial charge in [0.15, 0.2) is 5.76 Å². The molecule has 8 heteroatoms. The zero-order valence-corrected chi connectivity index (χ0v) is 13.8. The van der Waals surface area contributed by atoms with E-state index < -0.39 is 17.8 Å². The normalized spacial score (nSPS) is 13.0. The molecule has 0 bridgehead atoms. The average Bonchev–Trinajstić information content (AvgIpc) is 3.23. The van der Waals surface area contributed by atoms with Crippen LogP contribution in [0.5, 0.6) is 0 Å². The monoisotopic (exact) mass is 368 g/mol. The van der Waals surface area contributed by atoms with Crippen LogP contribution >= 0.6 is 11.6 Å². The van der Waals surface area contributed by atoms with Crippen molar-refractivity contribution in [3.63, 3.8) is 0 Å². The number of hydroxylamine groups is 2. The van der Waals surface area contributed by atoms with Gasteiger partial charge in [0.05, 0.1) is 17.3 Å². The third kappa shape index (κ3) is 2.55. The average molecular weight is 369 g/mol. The summed E-state index contributed by atoms with van der Waals surface area (Å²) in [5.74, 6) is -2.21. The highest BCUT2D eigenvalue weighted by Crippen LogP contribution is 2.28. The van der Waals surface area contributed by atoms with Crippen molar-refractivity contribution in [1.82, 2.24) is 10.2 Å². The Morgan fingerprint density at radius 3 is 2.23 bits per heavy atom. The molecule has 128 valence electrons. The summed E-state index contributed by atoms with van der Waals surface area (Å²) in [6.07, 6.45) is 1.16. The highest BCUT2D eigenvalue weighted by Gasteiger charge is 2.39. The fraction of sp³-hybridized carbons (Fsp3) is 0. The van der Waals surface area contributed by atoms with Crippen molar-refractivity contribution in [2.75, 3.05) is 0 Å². The fourth-order valence-corrected chi connectivity index (χ4v) is 2.70. The lowest BCUT2D eigenvalue weighted by molar-refractivity contribution is -0.0584. The first-order valence-electron chi connectivity index (χ1n) is 7.47. The minimum Gasteiger partial charge on any atom is -0.355 e. The largest absolute Gasteiger partial charge is 0.369 e. The molecule has 0 aliphatic carbocycles. The SMILES string of the molecule is O=C(ON1C(=O)c2ccccc2C1=O)c1cnoc1-c1ccc(Cl)cc1. The number of amides is 2. The minimum atomic E-state index is -0.939. The van der Waals surface area contributed by atoms with Gasteiger partial charge in [-0.25, -0.2) is 4.79 Å². The van der Waals surface area contributed by atoms with Crippen molar-refractivity contribution in [1.29, 1.82) is 0 Å². The standard InChI is InChI=1S/C18H9ClN2O5/c19-11-7-5-10(6-8-11)15-14(9-20-25-15)18(24)26-21-16(22)12-3-1-2-4-13(12)17(21)23/h1-9H. The van der Waals surface area contributed by atoms with Crippen LogP contribution in [0.1, 0.15) is 31.1 Å². The third-order valence-corrected chi connectivity index (χ3v) is 4.08. The predicted octanol–water partition coefficient (Wildman–Crippen LogP) is 3.36. The summed E-state index contributed by atoms with van der Waals surface area (Å²) in [6.45, 7) is 0. The van der Waals surface area contributed by atoms with Gasteiger partial charge in [-0.3, -0.25) is 9.59 Å². The van der Waals surface area contributed by atoms with Gasteiger partial charge in [0.2, 0.25) is 0 Å². The van der Waals surface area contributed by atoms with Crippen molar-refractivity contribution in [2.24, 2.45) is 0 Å². The number of nitrogens with zero attached hydrogens (tertiary/aromatic N) is 2. The van der Waals surface area contributed by atoms with E-state index in [0.717, 1.165) is 6.20 Å². The lowest BCUT2D eigenvalue weighted by atomic mass is 10.1. The van der Waals surface area contributed by atoms with Crippen LogP contribution in [0.4, 0.5) is 0 Å². The molecule has 2 aromatic carbocycles. The van der Waals surface area contributed by atoms with Gasteiger partial charge in [-0.15, -0.1) is 0 Å². The first kappa shape index (κ1) is 16.0. The van der Waals surface area contributed by atoms with Crippen molar-refractivity contribution < 1.29 is 23.7 Å². The number of carbonyl (C=O) groups is 3. The van der Waals surface area contributed by atoms with Crippen LogP contribution < -0.4 is 0 Å². The number of fused-ring (bicyclic) bond motifs is 1. The fourth-order valence-electron chi connectivity index (χ4n) is 2.58. The highest BCUT2D eigenvalue weighted by molar-refractivity contribution is 6.30. The second kappa shape index (κ2) is 6.12. The number of hydrogen-bond donors (Lipinski definition) is 0. The quantitative estimate of drug-likeness (QED) is 0.658. The Bertz CT molecular complexity index is 1010. The number of halogens is 1. The molecule has 0 radical (unpaired) electrons. The number of aromatic nitrogens is 1. The summed E-state index contributed by atoms with van der Waals surface area (Å²) >= 11 is 5.85. The maximum atomic E-state index is 12.5. The van der Waals surface area contributed by atoms with Crippen LogP contribution in [-0.2, 0) is 4.84 Å². The van der Waals surface area contributed by atoms with E-state index in [1.807, 2.05) is 0 Å². The summed E-state index contributed by atoms with van der Waals surface area (Å²) in [4.78, 5) is 42.0. The summed E-state index contributed by atoms with van der Waals surface area (Å²) in [5.41, 5.74) is 0.868. The van der Waals surface area contributed by atoms with E-state index in [1.165, 1.54) is 12.1 Å². The molecule has 2 amide bonds. The molecule has 4 rings (SSSR count). The molecule has 0 saturated carbocycles. The Balaban J connectivity index is 1.61. The maximum absolute atomic E-state index is 12.5. The molecule has 0 N–H and O–H groups in total. The Morgan fingerprint density at radius 1 is 1.00 bits per heavy atom. The molecule has 1 aliphatic heterocycles. The molecule has 26 heavy (non-hydrogen) atoms. The molecule has 3 aromatic rings. The Kier molecular flexibility index (Phi) is 3.78. The molecule has 1 aromatic heterocycles. The van der Waals surface area contributed by atoms with Gasteiger partial charge in [0, 0.05) is 10.6 Å². The first-order chi connectivity index (χ1) is 12.6. The Hall–Kier alpha value is -3.45. The number of carbonyl (C=O) groups excluding carboxylic acids is 3. The Morgan fingerprint density at radius 2 is 1.62 bits per heavy atom. The summed E-state index contributed by atoms with van der Waals surface area (Å²) in [7, 11) is 0. The van der Waals surface area contributed by atoms with E-state index in [0.29, 0.717) is 15.6 Å². The predicted molar refractivity (Wildman–Crippen MR) is 89.3 cm³/mol. The van der Waals surface area contributed by atoms with Gasteiger partial charge in [-0.05, 0) is 36.4 Å². The van der Waals surface area contributed by atoms with E-state index in [9.17, 15) is 14.4 Å². The van der Waals surface area contributed by atoms with Crippen LogP contribution in [0, 0.1) is 0 Å². The summed E-state index contributed by atoms with van der Waals surface area (Å²) in [6, 6.07) is 12.7. The maximum Gasteiger partial charge on any atom is 0.369 e. The van der Waals surface area contributed by atoms with E-state index >= 15 is 0 Å². The molecule has 0 unspecified atom stereocenters. The van der Waals surface area contributed by atoms with Gasteiger partial charge >= 0.3 is 5.97 Å². The first-order valence-corrected chi connectivity index (χ1v) is 7.85. The van der Waals surface area contributed by atoms with Crippen molar-refractivity contribution in [2.45, 2.75) is 0 Å². The van der Waals surface area contributed by atoms with Gasteiger partial charge in [0.25, 0.3) is 11.8 Å². The van der Waals surface area contributed by atoms with Crippen molar-refractivity contribution in [3.8, 4) is 11.3 Å². The molecular weight excluding hydrogens is 360 g/mol. The van der Waals surface area contributed by atoms with Crippen molar-refractivity contribution in [3.05, 3.63) is 76.4 Å². The van der Waals surface area contributed by atoms with E-state index in [2.05, 4.69) is 5.16 Å². The summed E-state index contributed by atoms with van der Waals surface area (Å²) < 4.78 is 5.11. The molecular formula is C18H9ClN2O5. The number of imide groups is 1. The second-order valence-corrected chi connectivity index (χ2v) is 5.84. The molecule has 0 atom stereocenters. The van der Waals surface area contributed by atoms with Crippen LogP contribution in [0.25, 0.3) is 11.3 Å². The van der Waals surface area contributed by atoms with Gasteiger partial charge < -0.3 is 9.36 Å². The van der Waals surface area contributed by atoms with E-state index in [4.69, 9.17) is 21.0 Å². The van der Waals surface area contributed by atoms with Gasteiger partial charge in [-0.2, -0.15) is 0 Å². The number of hydrogen-bond acceptors (Lipinski definition) is 6. The van der Waals surface area contributed by atoms with Gasteiger partial charge in [0.1, 0.15) is 5.56 Å². The van der Waals surface area contributed by atoms with Crippen LogP contribution in [-0.4, -0.2) is 28.0 Å². The van der Waals surface area contributed by atoms with Crippen LogP contribution in [0.15, 0.2) is 59.3 Å². The van der Waals surface area contributed by atoms with Crippen molar-refractivity contribution >= 4 is 29.4 Å². The van der Waals surface area contributed by atoms with E-state index in [-0.39, 0.29) is 22.5 Å². The zero-order chi connectivity index (χ0) is 18.3.